The van der Waals surface area contributed by atoms with Gasteiger partial charge in [0, 0.05) is 6.54 Å². The van der Waals surface area contributed by atoms with Crippen LogP contribution in [0, 0.1) is 11.8 Å². The van der Waals surface area contributed by atoms with E-state index in [1.807, 2.05) is 0 Å². The predicted octanol–water partition coefficient (Wildman–Crippen LogP) is -1.12. The summed E-state index contributed by atoms with van der Waals surface area (Å²) >= 11 is 0. The largest absolute Gasteiger partial charge is 0.481 e. The van der Waals surface area contributed by atoms with Crippen LogP contribution in [0.15, 0.2) is 0 Å². The molecular weight excluding hydrogens is 675 g/mol. The minimum Gasteiger partial charge on any atom is -0.481 e. The number of rotatable bonds is 18. The van der Waals surface area contributed by atoms with Crippen molar-refractivity contribution < 1.29 is 72.7 Å². The summed E-state index contributed by atoms with van der Waals surface area (Å²) in [5.74, 6) is -4.43. The van der Waals surface area contributed by atoms with Crippen molar-refractivity contribution in [2.75, 3.05) is 13.2 Å². The topological polar surface area (TPSA) is 300 Å². The van der Waals surface area contributed by atoms with E-state index in [0.717, 1.165) is 0 Å². The highest BCUT2D eigenvalue weighted by Crippen LogP contribution is 2.37. The maximum atomic E-state index is 13.2. The molecule has 0 aromatic rings. The predicted molar refractivity (Wildman–Crippen MR) is 170 cm³/mol. The lowest BCUT2D eigenvalue weighted by Gasteiger charge is -2.40. The molecule has 1 heterocycles. The summed E-state index contributed by atoms with van der Waals surface area (Å²) in [7, 11) is -4.90. The van der Waals surface area contributed by atoms with Crippen LogP contribution in [0.4, 0.5) is 4.79 Å². The summed E-state index contributed by atoms with van der Waals surface area (Å²) in [6.45, 7) is 11.0. The van der Waals surface area contributed by atoms with Gasteiger partial charge in [0.05, 0.1) is 19.1 Å². The molecule has 1 fully saturated rings. The van der Waals surface area contributed by atoms with Gasteiger partial charge >= 0.3 is 19.9 Å². The number of aliphatic carboxylic acids is 1. The number of amides is 4. The molecule has 1 aliphatic rings. The van der Waals surface area contributed by atoms with Crippen LogP contribution in [0.5, 0.6) is 0 Å². The van der Waals surface area contributed by atoms with Crippen molar-refractivity contribution in [1.82, 2.24) is 21.3 Å². The lowest BCUT2D eigenvalue weighted by atomic mass is 9.93. The van der Waals surface area contributed by atoms with Crippen LogP contribution in [0.3, 0.4) is 0 Å². The molecule has 0 saturated carbocycles. The molecule has 1 rings (SSSR count). The molecule has 1 saturated heterocycles. The van der Waals surface area contributed by atoms with Gasteiger partial charge in [-0.2, -0.15) is 0 Å². The number of nitrogens with one attached hydrogen (secondary N) is 4. The van der Waals surface area contributed by atoms with E-state index in [9.17, 15) is 49.0 Å². The maximum absolute atomic E-state index is 13.2. The van der Waals surface area contributed by atoms with Gasteiger partial charge < -0.3 is 61.0 Å². The van der Waals surface area contributed by atoms with Crippen molar-refractivity contribution >= 4 is 37.6 Å². The SMILES string of the molecule is CC(C)CC(NC(=O)OC(C)(C)C)C(=O)NC(CC(=O)O)C(=O)NC(C(=O)NCCCC1OC(COP(=O)(O)O)C(O)C(O)C1O)C(C)C. The number of carboxylic acid groups (broad SMARTS) is 1. The molecule has 10 N–H and O–H groups in total. The van der Waals surface area contributed by atoms with Gasteiger partial charge in [0.2, 0.25) is 17.7 Å². The van der Waals surface area contributed by atoms with E-state index in [-0.39, 0.29) is 31.7 Å². The molecule has 19 nitrogen and oxygen atoms in total. The van der Waals surface area contributed by atoms with Crippen molar-refractivity contribution in [3.63, 3.8) is 0 Å². The van der Waals surface area contributed by atoms with Gasteiger partial charge in [-0.3, -0.25) is 23.7 Å². The smallest absolute Gasteiger partial charge is 0.469 e. The lowest BCUT2D eigenvalue weighted by Crippen LogP contribution is -2.59. The first-order valence-electron chi connectivity index (χ1n) is 15.9. The zero-order chi connectivity index (χ0) is 37.9. The Morgan fingerprint density at radius 1 is 0.837 bits per heavy atom. The van der Waals surface area contributed by atoms with E-state index in [4.69, 9.17) is 19.3 Å². The number of hydrogen-bond donors (Lipinski definition) is 10. The molecule has 49 heavy (non-hydrogen) atoms. The number of phosphoric ester groups is 1. The third kappa shape index (κ3) is 16.6. The number of alkyl carbamates (subject to hydrolysis) is 1. The molecule has 0 aliphatic carbocycles. The highest BCUT2D eigenvalue weighted by Gasteiger charge is 2.44. The van der Waals surface area contributed by atoms with Crippen LogP contribution in [0.25, 0.3) is 0 Å². The van der Waals surface area contributed by atoms with E-state index >= 15 is 0 Å². The van der Waals surface area contributed by atoms with E-state index < -0.39 is 111 Å². The van der Waals surface area contributed by atoms with E-state index in [2.05, 4.69) is 25.8 Å². The maximum Gasteiger partial charge on any atom is 0.469 e. The van der Waals surface area contributed by atoms with Gasteiger partial charge in [-0.05, 0) is 51.9 Å². The Balaban J connectivity index is 2.88. The molecule has 0 radical (unpaired) electrons. The molecule has 284 valence electrons. The van der Waals surface area contributed by atoms with E-state index in [0.29, 0.717) is 0 Å². The average molecular weight is 729 g/mol. The lowest BCUT2D eigenvalue weighted by molar-refractivity contribution is -0.229. The normalized spacial score (nSPS) is 23.3. The standard InChI is InChI=1S/C29H53N4O15P/c1-14(2)11-16(32-28(42)48-29(5,6)7)25(39)31-17(12-20(34)35)26(40)33-21(15(3)4)27(41)30-10-8-9-18-22(36)24(38)23(37)19(47-18)13-46-49(43,44)45/h14-19,21-24,36-38H,8-13H2,1-7H3,(H,30,41)(H,31,39)(H,32,42)(H,33,40)(H,34,35)(H2,43,44,45). The summed E-state index contributed by atoms with van der Waals surface area (Å²) < 4.78 is 26.1. The minimum atomic E-state index is -4.90. The molecule has 8 atom stereocenters. The summed E-state index contributed by atoms with van der Waals surface area (Å²) in [4.78, 5) is 81.2. The van der Waals surface area contributed by atoms with Gasteiger partial charge in [-0.1, -0.05) is 27.7 Å². The Bertz CT molecular complexity index is 1170. The van der Waals surface area contributed by atoms with Crippen molar-refractivity contribution in [1.29, 1.82) is 0 Å². The molecule has 20 heteroatoms. The van der Waals surface area contributed by atoms with Crippen LogP contribution >= 0.6 is 7.82 Å². The molecule has 1 aliphatic heterocycles. The minimum absolute atomic E-state index is 0.0185. The van der Waals surface area contributed by atoms with Gasteiger partial charge in [0.25, 0.3) is 0 Å². The number of carbonyl (C=O) groups excluding carboxylic acids is 4. The fourth-order valence-electron chi connectivity index (χ4n) is 4.80. The van der Waals surface area contributed by atoms with Gasteiger partial charge in [-0.25, -0.2) is 9.36 Å². The van der Waals surface area contributed by atoms with Gasteiger partial charge in [-0.15, -0.1) is 0 Å². The molecule has 0 bridgehead atoms. The first-order valence-corrected chi connectivity index (χ1v) is 17.4. The van der Waals surface area contributed by atoms with E-state index in [1.165, 1.54) is 0 Å². The molecule has 0 aromatic heterocycles. The third-order valence-electron chi connectivity index (χ3n) is 7.16. The number of carbonyl (C=O) groups is 5. The van der Waals surface area contributed by atoms with E-state index in [1.54, 1.807) is 48.5 Å². The number of carboxylic acids is 1. The first-order chi connectivity index (χ1) is 22.4. The summed E-state index contributed by atoms with van der Waals surface area (Å²) in [6.07, 6.45) is -8.78. The highest BCUT2D eigenvalue weighted by molar-refractivity contribution is 7.46. The Labute approximate surface area is 285 Å². The third-order valence-corrected chi connectivity index (χ3v) is 7.64. The van der Waals surface area contributed by atoms with Crippen LogP contribution in [0.1, 0.15) is 74.1 Å². The molecule has 4 amide bonds. The average Bonchev–Trinajstić information content (AvgIpc) is 2.94. The van der Waals surface area contributed by atoms with Gasteiger partial charge in [0.15, 0.2) is 0 Å². The van der Waals surface area contributed by atoms with Gasteiger partial charge in [0.1, 0.15) is 48.1 Å². The quantitative estimate of drug-likeness (QED) is 0.0591. The van der Waals surface area contributed by atoms with Crippen molar-refractivity contribution in [2.24, 2.45) is 11.8 Å². The number of aliphatic hydroxyl groups is 3. The van der Waals surface area contributed by atoms with Crippen molar-refractivity contribution in [3.05, 3.63) is 0 Å². The molecule has 0 spiro atoms. The van der Waals surface area contributed by atoms with Crippen LogP contribution in [0.2, 0.25) is 0 Å². The monoisotopic (exact) mass is 728 g/mol. The molecule has 0 aromatic carbocycles. The Morgan fingerprint density at radius 2 is 1.41 bits per heavy atom. The van der Waals surface area contributed by atoms with Crippen LogP contribution < -0.4 is 21.3 Å². The Morgan fingerprint density at radius 3 is 1.92 bits per heavy atom. The number of phosphoric acid groups is 1. The second-order valence-corrected chi connectivity index (χ2v) is 14.9. The second kappa shape index (κ2) is 19.5. The number of aliphatic hydroxyl groups excluding tert-OH is 3. The fraction of sp³-hybridized carbons (Fsp3) is 0.828. The highest BCUT2D eigenvalue weighted by atomic mass is 31.2. The van der Waals surface area contributed by atoms with Crippen LogP contribution in [-0.4, -0.2) is 127 Å². The zero-order valence-electron chi connectivity index (χ0n) is 28.8. The second-order valence-electron chi connectivity index (χ2n) is 13.6. The van der Waals surface area contributed by atoms with Crippen molar-refractivity contribution in [3.8, 4) is 0 Å². The van der Waals surface area contributed by atoms with Crippen LogP contribution in [-0.2, 0) is 37.7 Å². The Hall–Kier alpha value is -2.90. The summed E-state index contributed by atoms with van der Waals surface area (Å²) in [5, 5.41) is 49.9. The zero-order valence-corrected chi connectivity index (χ0v) is 29.7. The number of hydrogen-bond acceptors (Lipinski definition) is 12. The number of ether oxygens (including phenoxy) is 2. The summed E-state index contributed by atoms with van der Waals surface area (Å²) in [6, 6.07) is -3.94. The van der Waals surface area contributed by atoms with Crippen molar-refractivity contribution in [2.45, 2.75) is 128 Å². The first kappa shape index (κ1) is 44.1. The fourth-order valence-corrected chi connectivity index (χ4v) is 5.14. The summed E-state index contributed by atoms with van der Waals surface area (Å²) in [5.41, 5.74) is -0.855. The molecule has 8 unspecified atom stereocenters. The Kier molecular flexibility index (Phi) is 17.5. The molecular formula is C29H53N4O15P.